The summed E-state index contributed by atoms with van der Waals surface area (Å²) < 4.78 is 11.3. The van der Waals surface area contributed by atoms with Crippen LogP contribution in [-0.4, -0.2) is 32.7 Å². The smallest absolute Gasteiger partial charge is 0.139 e. The van der Waals surface area contributed by atoms with E-state index in [2.05, 4.69) is 22.6 Å². The van der Waals surface area contributed by atoms with Gasteiger partial charge >= 0.3 is 0 Å². The van der Waals surface area contributed by atoms with Crippen molar-refractivity contribution in [1.29, 1.82) is 0 Å². The number of hydrogen-bond donors (Lipinski definition) is 0. The summed E-state index contributed by atoms with van der Waals surface area (Å²) in [6, 6.07) is 8.01. The summed E-state index contributed by atoms with van der Waals surface area (Å²) in [5.41, 5.74) is 1.06. The molecule has 94 valence electrons. The SMILES string of the molecule is COCCOCCC(=O)Cc1ccc(I)cc1. The van der Waals surface area contributed by atoms with Gasteiger partial charge < -0.3 is 9.47 Å². The molecule has 0 saturated heterocycles. The lowest BCUT2D eigenvalue weighted by Gasteiger charge is -2.03. The highest BCUT2D eigenvalue weighted by atomic mass is 127. The van der Waals surface area contributed by atoms with Crippen LogP contribution in [0.1, 0.15) is 12.0 Å². The van der Waals surface area contributed by atoms with Gasteiger partial charge in [0.1, 0.15) is 5.78 Å². The van der Waals surface area contributed by atoms with Gasteiger partial charge in [0.05, 0.1) is 19.8 Å². The molecule has 0 aliphatic carbocycles. The summed E-state index contributed by atoms with van der Waals surface area (Å²) in [6.45, 7) is 1.60. The molecule has 0 aliphatic heterocycles. The Labute approximate surface area is 116 Å². The van der Waals surface area contributed by atoms with E-state index in [9.17, 15) is 4.79 Å². The minimum absolute atomic E-state index is 0.212. The van der Waals surface area contributed by atoms with Crippen molar-refractivity contribution in [3.63, 3.8) is 0 Å². The fourth-order valence-corrected chi connectivity index (χ4v) is 1.71. The van der Waals surface area contributed by atoms with E-state index in [0.29, 0.717) is 32.7 Å². The van der Waals surface area contributed by atoms with Crippen LogP contribution >= 0.6 is 22.6 Å². The Morgan fingerprint density at radius 1 is 1.18 bits per heavy atom. The van der Waals surface area contributed by atoms with Gasteiger partial charge in [-0.1, -0.05) is 12.1 Å². The molecule has 0 N–H and O–H groups in total. The number of benzene rings is 1. The van der Waals surface area contributed by atoms with Gasteiger partial charge in [-0.25, -0.2) is 0 Å². The summed E-state index contributed by atoms with van der Waals surface area (Å²) in [5.74, 6) is 0.212. The summed E-state index contributed by atoms with van der Waals surface area (Å²) in [6.07, 6.45) is 0.959. The summed E-state index contributed by atoms with van der Waals surface area (Å²) in [5, 5.41) is 0. The van der Waals surface area contributed by atoms with Crippen LogP contribution in [0.4, 0.5) is 0 Å². The van der Waals surface area contributed by atoms with Gasteiger partial charge in [0.2, 0.25) is 0 Å². The summed E-state index contributed by atoms with van der Waals surface area (Å²) in [4.78, 5) is 11.6. The molecule has 0 fully saturated rings. The Kier molecular flexibility index (Phi) is 7.39. The number of carbonyl (C=O) groups excluding carboxylic acids is 1. The Balaban J connectivity index is 2.18. The normalized spacial score (nSPS) is 10.5. The van der Waals surface area contributed by atoms with E-state index in [4.69, 9.17) is 9.47 Å². The lowest BCUT2D eigenvalue weighted by Crippen LogP contribution is -2.09. The van der Waals surface area contributed by atoms with Gasteiger partial charge in [0, 0.05) is 23.5 Å². The molecule has 0 radical (unpaired) electrons. The number of hydrogen-bond acceptors (Lipinski definition) is 3. The van der Waals surface area contributed by atoms with Crippen molar-refractivity contribution in [2.75, 3.05) is 26.9 Å². The lowest BCUT2D eigenvalue weighted by molar-refractivity contribution is -0.119. The number of Topliss-reactive ketones (excluding diaryl/α,β-unsaturated/α-hetero) is 1. The first-order chi connectivity index (χ1) is 8.22. The predicted octanol–water partition coefficient (Wildman–Crippen LogP) is 2.46. The predicted molar refractivity (Wildman–Crippen MR) is 75.2 cm³/mol. The number of methoxy groups -OCH3 is 1. The Hall–Kier alpha value is -0.460. The Morgan fingerprint density at radius 2 is 1.88 bits per heavy atom. The van der Waals surface area contributed by atoms with Crippen LogP contribution in [0, 0.1) is 3.57 Å². The molecule has 0 bridgehead atoms. The van der Waals surface area contributed by atoms with Crippen LogP contribution in [0.2, 0.25) is 0 Å². The Morgan fingerprint density at radius 3 is 2.53 bits per heavy atom. The maximum absolute atomic E-state index is 11.6. The first kappa shape index (κ1) is 14.6. The van der Waals surface area contributed by atoms with Crippen LogP contribution in [0.3, 0.4) is 0 Å². The zero-order chi connectivity index (χ0) is 12.5. The number of ketones is 1. The van der Waals surface area contributed by atoms with E-state index < -0.39 is 0 Å². The van der Waals surface area contributed by atoms with Crippen LogP contribution in [0.15, 0.2) is 24.3 Å². The third-order valence-electron chi connectivity index (χ3n) is 2.27. The quantitative estimate of drug-likeness (QED) is 0.535. The fourth-order valence-electron chi connectivity index (χ4n) is 1.35. The van der Waals surface area contributed by atoms with Crippen LogP contribution < -0.4 is 0 Å². The number of rotatable bonds is 8. The minimum atomic E-state index is 0.212. The molecule has 0 aromatic heterocycles. The van der Waals surface area contributed by atoms with Crippen LogP contribution in [-0.2, 0) is 20.7 Å². The van der Waals surface area contributed by atoms with Gasteiger partial charge in [0.15, 0.2) is 0 Å². The molecule has 0 amide bonds. The third kappa shape index (κ3) is 6.75. The maximum Gasteiger partial charge on any atom is 0.139 e. The Bertz CT molecular complexity index is 335. The molecule has 1 aromatic rings. The second-order valence-electron chi connectivity index (χ2n) is 3.70. The average molecular weight is 348 g/mol. The van der Waals surface area contributed by atoms with Gasteiger partial charge in [-0.2, -0.15) is 0 Å². The number of carbonyl (C=O) groups is 1. The monoisotopic (exact) mass is 348 g/mol. The highest BCUT2D eigenvalue weighted by molar-refractivity contribution is 14.1. The van der Waals surface area contributed by atoms with Crippen LogP contribution in [0.5, 0.6) is 0 Å². The lowest BCUT2D eigenvalue weighted by atomic mass is 10.1. The molecule has 0 heterocycles. The summed E-state index contributed by atoms with van der Waals surface area (Å²) >= 11 is 2.25. The largest absolute Gasteiger partial charge is 0.382 e. The average Bonchev–Trinajstić information content (AvgIpc) is 2.32. The zero-order valence-corrected chi connectivity index (χ0v) is 12.1. The van der Waals surface area contributed by atoms with Crippen molar-refractivity contribution >= 4 is 28.4 Å². The van der Waals surface area contributed by atoms with E-state index in [0.717, 1.165) is 5.56 Å². The van der Waals surface area contributed by atoms with Crippen molar-refractivity contribution in [3.05, 3.63) is 33.4 Å². The molecule has 1 aromatic carbocycles. The second kappa shape index (κ2) is 8.60. The second-order valence-corrected chi connectivity index (χ2v) is 4.94. The molecule has 1 rings (SSSR count). The first-order valence-electron chi connectivity index (χ1n) is 5.55. The van der Waals surface area contributed by atoms with Crippen molar-refractivity contribution in [1.82, 2.24) is 0 Å². The molecule has 0 atom stereocenters. The topological polar surface area (TPSA) is 35.5 Å². The van der Waals surface area contributed by atoms with Gasteiger partial charge in [-0.3, -0.25) is 4.79 Å². The number of halogens is 1. The highest BCUT2D eigenvalue weighted by Gasteiger charge is 2.03. The van der Waals surface area contributed by atoms with E-state index in [1.165, 1.54) is 3.57 Å². The molecule has 0 spiro atoms. The summed E-state index contributed by atoms with van der Waals surface area (Å²) in [7, 11) is 1.63. The first-order valence-corrected chi connectivity index (χ1v) is 6.63. The molecule has 0 saturated carbocycles. The minimum Gasteiger partial charge on any atom is -0.382 e. The van der Waals surface area contributed by atoms with Crippen LogP contribution in [0.25, 0.3) is 0 Å². The van der Waals surface area contributed by atoms with E-state index in [-0.39, 0.29) is 5.78 Å². The fraction of sp³-hybridized carbons (Fsp3) is 0.462. The van der Waals surface area contributed by atoms with Crippen molar-refractivity contribution in [2.45, 2.75) is 12.8 Å². The molecular weight excluding hydrogens is 331 g/mol. The maximum atomic E-state index is 11.6. The highest BCUT2D eigenvalue weighted by Crippen LogP contribution is 2.08. The van der Waals surface area contributed by atoms with Crippen molar-refractivity contribution in [2.24, 2.45) is 0 Å². The number of ether oxygens (including phenoxy) is 2. The molecule has 0 unspecified atom stereocenters. The van der Waals surface area contributed by atoms with Gasteiger partial charge in [0.25, 0.3) is 0 Å². The molecule has 4 heteroatoms. The van der Waals surface area contributed by atoms with Gasteiger partial charge in [-0.15, -0.1) is 0 Å². The molecule has 17 heavy (non-hydrogen) atoms. The molecule has 3 nitrogen and oxygen atoms in total. The van der Waals surface area contributed by atoms with Gasteiger partial charge in [-0.05, 0) is 40.3 Å². The third-order valence-corrected chi connectivity index (χ3v) is 2.99. The van der Waals surface area contributed by atoms with Crippen molar-refractivity contribution < 1.29 is 14.3 Å². The molecule has 0 aliphatic rings. The van der Waals surface area contributed by atoms with E-state index >= 15 is 0 Å². The van der Waals surface area contributed by atoms with E-state index in [1.54, 1.807) is 7.11 Å². The molecular formula is C13H17IO3. The van der Waals surface area contributed by atoms with Crippen molar-refractivity contribution in [3.8, 4) is 0 Å². The zero-order valence-electron chi connectivity index (χ0n) is 9.95. The van der Waals surface area contributed by atoms with E-state index in [1.807, 2.05) is 24.3 Å². The standard InChI is InChI=1S/C13H17IO3/c1-16-8-9-17-7-6-13(15)10-11-2-4-12(14)5-3-11/h2-5H,6-10H2,1H3.